The van der Waals surface area contributed by atoms with Gasteiger partial charge < -0.3 is 10.2 Å². The largest absolute Gasteiger partial charge is 0.478 e. The first-order valence-electron chi connectivity index (χ1n) is 3.47. The molecule has 0 bridgehead atoms. The van der Waals surface area contributed by atoms with Gasteiger partial charge in [0, 0.05) is 12.4 Å². The van der Waals surface area contributed by atoms with Gasteiger partial charge in [-0.2, -0.15) is 0 Å². The molecule has 1 rings (SSSR count). The van der Waals surface area contributed by atoms with E-state index < -0.39 is 12.1 Å². The summed E-state index contributed by atoms with van der Waals surface area (Å²) in [6.45, 7) is 1.56. The molecule has 0 saturated carbocycles. The quantitative estimate of drug-likeness (QED) is 0.684. The van der Waals surface area contributed by atoms with E-state index in [-0.39, 0.29) is 5.56 Å². The minimum atomic E-state index is -1.04. The maximum atomic E-state index is 10.5. The number of nitrogens with zero attached hydrogens (tertiary/aromatic N) is 1. The lowest BCUT2D eigenvalue weighted by molar-refractivity contribution is 0.0696. The number of aromatic nitrogens is 1. The van der Waals surface area contributed by atoms with Crippen LogP contribution in [0.2, 0.25) is 0 Å². The molecule has 2 N–H and O–H groups in total. The van der Waals surface area contributed by atoms with E-state index in [4.69, 9.17) is 10.2 Å². The predicted molar refractivity (Wildman–Crippen MR) is 41.8 cm³/mol. The van der Waals surface area contributed by atoms with E-state index in [0.29, 0.717) is 5.56 Å². The van der Waals surface area contributed by atoms with Crippen molar-refractivity contribution in [2.45, 2.75) is 13.0 Å². The van der Waals surface area contributed by atoms with E-state index >= 15 is 0 Å². The molecule has 4 heteroatoms. The van der Waals surface area contributed by atoms with Gasteiger partial charge >= 0.3 is 5.97 Å². The van der Waals surface area contributed by atoms with Crippen LogP contribution in [0.3, 0.4) is 0 Å². The molecule has 64 valence electrons. The smallest absolute Gasteiger partial charge is 0.337 e. The number of aliphatic hydroxyl groups excluding tert-OH is 1. The Balaban J connectivity index is 3.04. The van der Waals surface area contributed by atoms with Crippen molar-refractivity contribution in [2.24, 2.45) is 0 Å². The fourth-order valence-electron chi connectivity index (χ4n) is 0.803. The molecule has 0 fully saturated rings. The van der Waals surface area contributed by atoms with Crippen LogP contribution in [0.25, 0.3) is 0 Å². The topological polar surface area (TPSA) is 70.4 Å². The highest BCUT2D eigenvalue weighted by Gasteiger charge is 2.06. The Morgan fingerprint density at radius 1 is 1.58 bits per heavy atom. The van der Waals surface area contributed by atoms with E-state index in [9.17, 15) is 4.79 Å². The molecular weight excluding hydrogens is 158 g/mol. The van der Waals surface area contributed by atoms with Crippen molar-refractivity contribution in [1.29, 1.82) is 0 Å². The highest BCUT2D eigenvalue weighted by molar-refractivity contribution is 5.87. The Labute approximate surface area is 69.5 Å². The van der Waals surface area contributed by atoms with Gasteiger partial charge in [0.05, 0.1) is 11.7 Å². The summed E-state index contributed by atoms with van der Waals surface area (Å²) in [6, 6.07) is 1.40. The highest BCUT2D eigenvalue weighted by atomic mass is 16.4. The number of hydrogen-bond acceptors (Lipinski definition) is 3. The Morgan fingerprint density at radius 2 is 2.25 bits per heavy atom. The van der Waals surface area contributed by atoms with Gasteiger partial charge in [-0.25, -0.2) is 4.79 Å². The number of pyridine rings is 1. The zero-order chi connectivity index (χ0) is 9.14. The van der Waals surface area contributed by atoms with Crippen LogP contribution >= 0.6 is 0 Å². The first-order chi connectivity index (χ1) is 5.61. The van der Waals surface area contributed by atoms with Gasteiger partial charge in [-0.3, -0.25) is 4.98 Å². The number of hydrogen-bond donors (Lipinski definition) is 2. The summed E-state index contributed by atoms with van der Waals surface area (Å²) in [5.41, 5.74) is 0.600. The van der Waals surface area contributed by atoms with Crippen LogP contribution in [-0.2, 0) is 0 Å². The molecule has 0 unspecified atom stereocenters. The molecule has 0 amide bonds. The number of aliphatic hydroxyl groups is 1. The summed E-state index contributed by atoms with van der Waals surface area (Å²) < 4.78 is 0. The van der Waals surface area contributed by atoms with Gasteiger partial charge in [0.15, 0.2) is 0 Å². The molecule has 12 heavy (non-hydrogen) atoms. The second kappa shape index (κ2) is 3.32. The van der Waals surface area contributed by atoms with Crippen LogP contribution in [0.15, 0.2) is 18.5 Å². The Kier molecular flexibility index (Phi) is 2.40. The third-order valence-corrected chi connectivity index (χ3v) is 1.49. The highest BCUT2D eigenvalue weighted by Crippen LogP contribution is 2.11. The van der Waals surface area contributed by atoms with Crippen LogP contribution in [0, 0.1) is 0 Å². The zero-order valence-electron chi connectivity index (χ0n) is 6.56. The van der Waals surface area contributed by atoms with Crippen LogP contribution in [0.5, 0.6) is 0 Å². The summed E-state index contributed by atoms with van der Waals surface area (Å²) in [5.74, 6) is -1.04. The second-order valence-electron chi connectivity index (χ2n) is 2.49. The van der Waals surface area contributed by atoms with Gasteiger partial charge in [0.25, 0.3) is 0 Å². The van der Waals surface area contributed by atoms with E-state index in [1.54, 1.807) is 6.92 Å². The molecule has 1 atom stereocenters. The van der Waals surface area contributed by atoms with Crippen LogP contribution in [0.1, 0.15) is 28.9 Å². The fraction of sp³-hybridized carbons (Fsp3) is 0.250. The second-order valence-corrected chi connectivity index (χ2v) is 2.49. The normalized spacial score (nSPS) is 12.5. The summed E-state index contributed by atoms with van der Waals surface area (Å²) in [4.78, 5) is 14.1. The summed E-state index contributed by atoms with van der Waals surface area (Å²) in [5, 5.41) is 17.7. The molecule has 1 heterocycles. The Bertz CT molecular complexity index is 296. The van der Waals surface area contributed by atoms with E-state index in [2.05, 4.69) is 4.98 Å². The van der Waals surface area contributed by atoms with Crippen LogP contribution in [0.4, 0.5) is 0 Å². The lowest BCUT2D eigenvalue weighted by Crippen LogP contribution is -2.00. The molecule has 0 aromatic carbocycles. The van der Waals surface area contributed by atoms with Crippen molar-refractivity contribution in [3.8, 4) is 0 Å². The minimum absolute atomic E-state index is 0.0911. The molecule has 0 aliphatic carbocycles. The van der Waals surface area contributed by atoms with Crippen molar-refractivity contribution < 1.29 is 15.0 Å². The van der Waals surface area contributed by atoms with Gasteiger partial charge in [-0.15, -0.1) is 0 Å². The van der Waals surface area contributed by atoms with Crippen LogP contribution < -0.4 is 0 Å². The van der Waals surface area contributed by atoms with Crippen LogP contribution in [-0.4, -0.2) is 21.2 Å². The molecule has 0 radical (unpaired) electrons. The zero-order valence-corrected chi connectivity index (χ0v) is 6.56. The monoisotopic (exact) mass is 167 g/mol. The Hall–Kier alpha value is -1.42. The molecule has 0 saturated heterocycles. The third kappa shape index (κ3) is 1.79. The number of aromatic carboxylic acids is 1. The lowest BCUT2D eigenvalue weighted by atomic mass is 10.1. The number of carbonyl (C=O) groups is 1. The standard InChI is InChI=1S/C8H9NO3/c1-5(10)6-2-7(8(11)12)4-9-3-6/h2-5,10H,1H3,(H,11,12)/t5-/m1/s1. The summed E-state index contributed by atoms with van der Waals surface area (Å²) in [6.07, 6.45) is 2.00. The molecule has 1 aromatic rings. The van der Waals surface area contributed by atoms with Crippen molar-refractivity contribution in [3.05, 3.63) is 29.6 Å². The van der Waals surface area contributed by atoms with E-state index in [0.717, 1.165) is 0 Å². The molecule has 1 aromatic heterocycles. The van der Waals surface area contributed by atoms with E-state index in [1.807, 2.05) is 0 Å². The summed E-state index contributed by atoms with van der Waals surface area (Å²) >= 11 is 0. The summed E-state index contributed by atoms with van der Waals surface area (Å²) in [7, 11) is 0. The van der Waals surface area contributed by atoms with Crippen molar-refractivity contribution in [1.82, 2.24) is 4.98 Å². The number of carboxylic acid groups (broad SMARTS) is 1. The molecule has 4 nitrogen and oxygen atoms in total. The average Bonchev–Trinajstić information content (AvgIpc) is 2.04. The van der Waals surface area contributed by atoms with Gasteiger partial charge in [0.1, 0.15) is 0 Å². The minimum Gasteiger partial charge on any atom is -0.478 e. The van der Waals surface area contributed by atoms with Crippen molar-refractivity contribution >= 4 is 5.97 Å². The van der Waals surface area contributed by atoms with Crippen molar-refractivity contribution in [2.75, 3.05) is 0 Å². The van der Waals surface area contributed by atoms with Gasteiger partial charge in [0.2, 0.25) is 0 Å². The molecule has 0 spiro atoms. The van der Waals surface area contributed by atoms with Gasteiger partial charge in [-0.1, -0.05) is 0 Å². The number of carboxylic acids is 1. The maximum absolute atomic E-state index is 10.5. The third-order valence-electron chi connectivity index (χ3n) is 1.49. The Morgan fingerprint density at radius 3 is 2.75 bits per heavy atom. The fourth-order valence-corrected chi connectivity index (χ4v) is 0.803. The maximum Gasteiger partial charge on any atom is 0.337 e. The first-order valence-corrected chi connectivity index (χ1v) is 3.47. The average molecular weight is 167 g/mol. The first kappa shape index (κ1) is 8.67. The van der Waals surface area contributed by atoms with Crippen molar-refractivity contribution in [3.63, 3.8) is 0 Å². The van der Waals surface area contributed by atoms with Gasteiger partial charge in [-0.05, 0) is 18.6 Å². The molecular formula is C8H9NO3. The molecule has 0 aliphatic heterocycles. The number of rotatable bonds is 2. The lowest BCUT2D eigenvalue weighted by Gasteiger charge is -2.03. The molecule has 0 aliphatic rings. The SMILES string of the molecule is C[C@@H](O)c1cncc(C(=O)O)c1. The van der Waals surface area contributed by atoms with E-state index in [1.165, 1.54) is 18.5 Å². The predicted octanol–water partition coefficient (Wildman–Crippen LogP) is 0.833.